The summed E-state index contributed by atoms with van der Waals surface area (Å²) in [5, 5.41) is 40.3. The number of amides is 1. The average molecular weight is 2140 g/mol. The van der Waals surface area contributed by atoms with Crippen molar-refractivity contribution in [2.75, 3.05) is 109 Å². The molecule has 2 aromatic heterocycles. The van der Waals surface area contributed by atoms with Gasteiger partial charge in [0.15, 0.2) is 5.90 Å². The second-order valence-electron chi connectivity index (χ2n) is 32.6. The van der Waals surface area contributed by atoms with Crippen molar-refractivity contribution in [3.05, 3.63) is 239 Å². The molecule has 0 radical (unpaired) electrons. The van der Waals surface area contributed by atoms with Crippen LogP contribution in [0, 0.1) is 40.9 Å². The number of methoxy groups -OCH3 is 7. The minimum Gasteiger partial charge on any atom is -0.870 e. The van der Waals surface area contributed by atoms with Gasteiger partial charge in [-0.05, 0) is 196 Å². The second kappa shape index (κ2) is 67.4. The number of rotatable bonds is 30. The maximum Gasteiger partial charge on any atom is 1.00 e. The minimum absolute atomic E-state index is 0. The number of hydrogen-bond acceptors (Lipinski definition) is 28. The van der Waals surface area contributed by atoms with Crippen LogP contribution in [0.1, 0.15) is 167 Å². The summed E-state index contributed by atoms with van der Waals surface area (Å²) in [5.74, 6) is 16.3. The molecule has 140 heavy (non-hydrogen) atoms. The quantitative estimate of drug-likeness (QED) is 0.00408. The third kappa shape index (κ3) is 39.1. The van der Waals surface area contributed by atoms with Crippen LogP contribution in [0.25, 0.3) is 0 Å². The average Bonchev–Trinajstić information content (AvgIpc) is 1.48. The van der Waals surface area contributed by atoms with Crippen LogP contribution < -0.4 is 74.3 Å². The van der Waals surface area contributed by atoms with Crippen LogP contribution in [-0.4, -0.2) is 210 Å². The molecule has 0 saturated heterocycles. The van der Waals surface area contributed by atoms with E-state index in [2.05, 4.69) is 80.8 Å². The first-order chi connectivity index (χ1) is 66.5. The predicted octanol–water partition coefficient (Wildman–Crippen LogP) is 15.4. The van der Waals surface area contributed by atoms with Gasteiger partial charge in [0.1, 0.15) is 52.4 Å². The number of aliphatic imine (C=N–C) groups is 1. The number of nitrogens with one attached hydrogen (secondary N) is 1. The number of hydrogen-bond donors (Lipinski definition) is 5. The molecule has 15 rings (SSSR count). The molecule has 0 spiro atoms. The third-order valence-corrected chi connectivity index (χ3v) is 25.7. The largest absolute Gasteiger partial charge is 1.00 e. The topological polar surface area (TPSA) is 441 Å². The van der Waals surface area contributed by atoms with Crippen LogP contribution in [0.3, 0.4) is 0 Å². The van der Waals surface area contributed by atoms with Gasteiger partial charge in [0.25, 0.3) is 0 Å². The summed E-state index contributed by atoms with van der Waals surface area (Å²) in [6, 6.07) is 47.0. The number of carboxylic acids is 1. The molecule has 8 aromatic rings. The van der Waals surface area contributed by atoms with E-state index >= 15 is 0 Å². The van der Waals surface area contributed by atoms with Gasteiger partial charge < -0.3 is 76.7 Å². The summed E-state index contributed by atoms with van der Waals surface area (Å²) < 4.78 is 117. The van der Waals surface area contributed by atoms with Crippen molar-refractivity contribution in [3.63, 3.8) is 0 Å². The van der Waals surface area contributed by atoms with E-state index in [1.165, 1.54) is 64.0 Å². The number of ether oxygens (including phenoxy) is 13. The molecule has 5 aliphatic carbocycles. The van der Waals surface area contributed by atoms with E-state index in [1.807, 2.05) is 60.7 Å². The summed E-state index contributed by atoms with van der Waals surface area (Å²) in [5.41, 5.74) is 4.73. The Bertz CT molecular complexity index is 4860. The molecule has 0 unspecified atom stereocenters. The SMILES string of the molecule is COC1=NCCCCCC1.COCOC(CCl)CCl.COCOC1CC(C#N)(c2ccc(Cl)cc2)C1.COCOC1CC(C(=O)F)(c2ccc(Cl)cc2)C1.COCOC1CC(C(=O)NN)(c2ccc(Cl)cc2)C1.COCOC1CC(C(=O)O)(c2ccc(Cl)cc2)C1.COCOC1CC(c2ccc(Cl)cc2)(c2nnc3n2CCCCCC3)C1.Fc1nc(F)nc(F)n1.N#CCc1ccc(Cl)cc1.NN.[K+].[OH-]. The molecule has 2 aliphatic heterocycles. The number of carbonyl (C=O) groups is 3. The number of benzene rings is 6. The Balaban J connectivity index is 0.000000334. The van der Waals surface area contributed by atoms with Gasteiger partial charge in [0, 0.05) is 110 Å². The van der Waals surface area contributed by atoms with Crippen molar-refractivity contribution in [2.45, 2.75) is 205 Å². The first kappa shape index (κ1) is 126. The molecule has 9 N–H and O–H groups in total. The van der Waals surface area contributed by atoms with Crippen LogP contribution in [0.5, 0.6) is 0 Å². The predicted molar refractivity (Wildman–Crippen MR) is 520 cm³/mol. The van der Waals surface area contributed by atoms with E-state index in [1.54, 1.807) is 115 Å². The van der Waals surface area contributed by atoms with Gasteiger partial charge in [-0.2, -0.15) is 43.0 Å². The van der Waals surface area contributed by atoms with Crippen molar-refractivity contribution in [1.29, 1.82) is 10.5 Å². The number of nitrogens with zero attached hydrogens (tertiary/aromatic N) is 9. The Morgan fingerprint density at radius 3 is 1.21 bits per heavy atom. The molecular weight excluding hydrogens is 2020 g/mol. The van der Waals surface area contributed by atoms with Gasteiger partial charge in [0.2, 0.25) is 5.91 Å². The maximum absolute atomic E-state index is 13.3. The molecule has 4 heterocycles. The van der Waals surface area contributed by atoms with Gasteiger partial charge in [0.05, 0.1) is 89.4 Å². The number of aryl methyl sites for hydroxylation is 1. The van der Waals surface area contributed by atoms with Gasteiger partial charge in [-0.3, -0.25) is 36.5 Å². The molecule has 44 heteroatoms. The number of aromatic nitrogens is 6. The summed E-state index contributed by atoms with van der Waals surface area (Å²) in [6.07, 6.45) is 14.3. The molecule has 764 valence electrons. The van der Waals surface area contributed by atoms with Crippen molar-refractivity contribution in [2.24, 2.45) is 22.5 Å². The summed E-state index contributed by atoms with van der Waals surface area (Å²) in [4.78, 5) is 46.4. The first-order valence-electron chi connectivity index (χ1n) is 44.1. The Kier molecular flexibility index (Phi) is 60.6. The van der Waals surface area contributed by atoms with E-state index in [-0.39, 0.29) is 139 Å². The van der Waals surface area contributed by atoms with Crippen molar-refractivity contribution in [3.8, 4) is 12.1 Å². The smallest absolute Gasteiger partial charge is 0.870 e. The molecule has 0 atom stereocenters. The number of carboxylic acid groups (broad SMARTS) is 1. The molecule has 5 saturated carbocycles. The number of nitriles is 2. The Hall–Kier alpha value is -6.43. The summed E-state index contributed by atoms with van der Waals surface area (Å²) in [7, 11) is 11.1. The zero-order chi connectivity index (χ0) is 101. The molecule has 1 amide bonds. The standard InChI is InChI=1S/C20H26ClN3O2.C13H14ClFO3.C13H17ClN2O3.C13H14ClNO2.C13H15ClO4.C8H6ClN.C8H15NO.C5H10Cl2O2.C3F3N3.K.H4N2.H2O/c1-25-14-26-17-12-20(13-17,15-7-9-16(21)10-8-15)19-23-22-18-6-4-2-3-5-11-24(18)19;1-17-8-18-11-6-13(7-11,12(15)16)9-2-4-10(14)5-3-9;1-18-8-19-11-6-13(7-11,12(17)16-15)9-2-4-10(14)5-3-9;1-16-9-17-12-6-13(7-12,8-15)10-2-4-11(14)5-3-10;1-17-8-18-11-6-13(7-11,12(15)16)9-2-4-10(14)5-3-9;9-8-3-1-7(2-4-8)5-6-10;1-10-8-6-4-2-3-5-7-9-8;1-8-4-9-5(2-6)3-7;4-1-7-2(5)9-3(6)8-1;;1-2;/h7-10,17H,2-6,11-14H2,1H3;2-5,11H,6-8H2,1H3;2-5,11H,6-8,15H2,1H3,(H,16,17);2-5,12H,6-7,9H2,1H3;2-5,11H,6-8H2,1H3,(H,15,16);1-4H,5H2;2-7H2,1H3;5H,2-4H2,1H3;;;1-2H2;1H2/q;;;;;;;;;+1;;/p-1. The Morgan fingerprint density at radius 2 is 0.829 bits per heavy atom. The molecule has 5 fully saturated rings. The number of alkyl halides is 2. The monoisotopic (exact) mass is 2140 g/mol. The van der Waals surface area contributed by atoms with Crippen LogP contribution in [0.15, 0.2) is 151 Å². The van der Waals surface area contributed by atoms with Gasteiger partial charge in [-0.1, -0.05) is 168 Å². The van der Waals surface area contributed by atoms with E-state index in [0.29, 0.717) is 107 Å². The molecule has 6 aromatic carbocycles. The Labute approximate surface area is 897 Å². The van der Waals surface area contributed by atoms with Gasteiger partial charge in [-0.15, -0.1) is 33.4 Å². The summed E-state index contributed by atoms with van der Waals surface area (Å²) in [6.45, 7) is 3.42. The number of nitrogens with two attached hydrogens (primary N) is 3. The van der Waals surface area contributed by atoms with Crippen LogP contribution in [0.2, 0.25) is 30.1 Å². The number of halogens is 12. The van der Waals surface area contributed by atoms with Crippen LogP contribution in [-0.2, 0) is 122 Å². The first-order valence-corrected chi connectivity index (χ1v) is 47.4. The summed E-state index contributed by atoms with van der Waals surface area (Å²) >= 11 is 45.9. The van der Waals surface area contributed by atoms with E-state index in [9.17, 15) is 42.3 Å². The van der Waals surface area contributed by atoms with Crippen molar-refractivity contribution < 1.29 is 155 Å². The molecule has 0 bridgehead atoms. The fourth-order valence-electron chi connectivity index (χ4n) is 16.0. The number of hydrazine groups is 2. The minimum atomic E-state index is -1.46. The van der Waals surface area contributed by atoms with Crippen LogP contribution in [0.4, 0.5) is 17.6 Å². The second-order valence-corrected chi connectivity index (χ2v) is 35.9. The Morgan fingerprint density at radius 1 is 0.479 bits per heavy atom. The van der Waals surface area contributed by atoms with E-state index in [0.717, 1.165) is 83.6 Å². The van der Waals surface area contributed by atoms with Gasteiger partial charge >= 0.3 is 81.6 Å². The zero-order valence-corrected chi connectivity index (χ0v) is 88.6. The van der Waals surface area contributed by atoms with Crippen molar-refractivity contribution >= 4 is 117 Å². The number of fused-ring (bicyclic) bond motifs is 1. The number of aliphatic carboxylic acids is 1. The fraction of sp³-hybridized carbons (Fsp3) is 0.510. The zero-order valence-electron chi connectivity index (χ0n) is 79.5. The maximum atomic E-state index is 13.3. The van der Waals surface area contributed by atoms with Crippen LogP contribution >= 0.6 is 92.8 Å². The van der Waals surface area contributed by atoms with Gasteiger partial charge in [-0.25, -0.2) is 5.84 Å². The number of carbonyl (C=O) groups excluding carboxylic acids is 2. The van der Waals surface area contributed by atoms with E-state index in [4.69, 9.17) is 161 Å². The molecule has 7 aliphatic rings. The van der Waals surface area contributed by atoms with Crippen molar-refractivity contribution in [1.82, 2.24) is 35.1 Å². The molecular formula is C96H122Cl8F4KN13O18. The molecule has 31 nitrogen and oxygen atoms in total. The van der Waals surface area contributed by atoms with E-state index < -0.39 is 51.9 Å². The normalized spacial score (nSPS) is 21.9. The fourth-order valence-corrected chi connectivity index (χ4v) is 17.3. The third-order valence-electron chi connectivity index (χ3n) is 23.5.